The lowest BCUT2D eigenvalue weighted by Gasteiger charge is -2.34. The van der Waals surface area contributed by atoms with Crippen molar-refractivity contribution in [3.05, 3.63) is 12.2 Å². The predicted octanol–water partition coefficient (Wildman–Crippen LogP) is 2.80. The minimum Gasteiger partial charge on any atom is -0.462 e. The minimum atomic E-state index is -0.473. The van der Waals surface area contributed by atoms with Gasteiger partial charge in [-0.1, -0.05) is 13.5 Å². The Hall–Kier alpha value is -1.85. The molecule has 27 heavy (non-hydrogen) atoms. The summed E-state index contributed by atoms with van der Waals surface area (Å²) in [6.45, 7) is 7.40. The van der Waals surface area contributed by atoms with Crippen molar-refractivity contribution in [3.63, 3.8) is 0 Å². The van der Waals surface area contributed by atoms with E-state index < -0.39 is 17.8 Å². The van der Waals surface area contributed by atoms with Crippen molar-refractivity contribution < 1.29 is 28.6 Å². The van der Waals surface area contributed by atoms with Gasteiger partial charge in [0, 0.05) is 17.4 Å². The van der Waals surface area contributed by atoms with Crippen molar-refractivity contribution in [1.29, 1.82) is 0 Å². The smallest absolute Gasteiger partial charge is 0.333 e. The van der Waals surface area contributed by atoms with Crippen LogP contribution in [0.1, 0.15) is 52.4 Å². The van der Waals surface area contributed by atoms with Crippen LogP contribution in [0.4, 0.5) is 0 Å². The number of carbonyl (C=O) groups excluding carboxylic acids is 3. The Balaban J connectivity index is 1.51. The lowest BCUT2D eigenvalue weighted by molar-refractivity contribution is -0.170. The molecule has 3 aliphatic carbocycles. The summed E-state index contributed by atoms with van der Waals surface area (Å²) < 4.78 is 17.0. The molecule has 148 valence electrons. The van der Waals surface area contributed by atoms with Gasteiger partial charge in [0.05, 0.1) is 18.4 Å². The molecule has 6 heteroatoms. The SMILES string of the molecule is C=C(C)C(=O)OC[C@@H]1C2CC3C(C(=O)OC31)C2C(=O)OC1(CC)CCCC1. The average molecular weight is 376 g/mol. The molecule has 6 nitrogen and oxygen atoms in total. The summed E-state index contributed by atoms with van der Waals surface area (Å²) in [5.74, 6) is -2.00. The standard InChI is InChI=1S/C21H28O6/c1-4-21(7-5-6-8-21)27-20(24)15-12-9-13-16(15)19(23)26-17(13)14(12)10-25-18(22)11(2)3/h12-17H,2,4-10H2,1,3H3/t12?,13?,14-,15?,16?,17?/m1/s1. The Morgan fingerprint density at radius 1 is 1.26 bits per heavy atom. The van der Waals surface area contributed by atoms with Gasteiger partial charge in [-0.15, -0.1) is 0 Å². The van der Waals surface area contributed by atoms with E-state index in [9.17, 15) is 14.4 Å². The van der Waals surface area contributed by atoms with Gasteiger partial charge in [-0.25, -0.2) is 4.79 Å². The first-order chi connectivity index (χ1) is 12.9. The molecule has 0 aromatic carbocycles. The van der Waals surface area contributed by atoms with E-state index in [1.165, 1.54) is 0 Å². The summed E-state index contributed by atoms with van der Waals surface area (Å²) in [7, 11) is 0. The maximum Gasteiger partial charge on any atom is 0.333 e. The molecule has 4 aliphatic rings. The van der Waals surface area contributed by atoms with Crippen LogP contribution in [-0.4, -0.2) is 36.2 Å². The average Bonchev–Trinajstić information content (AvgIpc) is 3.36. The predicted molar refractivity (Wildman–Crippen MR) is 95.3 cm³/mol. The summed E-state index contributed by atoms with van der Waals surface area (Å²) in [5, 5.41) is 0. The molecule has 6 atom stereocenters. The molecule has 0 radical (unpaired) electrons. The number of ether oxygens (including phenoxy) is 3. The van der Waals surface area contributed by atoms with Crippen molar-refractivity contribution in [2.24, 2.45) is 29.6 Å². The molecule has 1 saturated heterocycles. The van der Waals surface area contributed by atoms with Gasteiger partial charge in [-0.05, 0) is 51.4 Å². The van der Waals surface area contributed by atoms with Gasteiger partial charge < -0.3 is 14.2 Å². The minimum absolute atomic E-state index is 0.0304. The van der Waals surface area contributed by atoms with Gasteiger partial charge in [0.15, 0.2) is 0 Å². The maximum absolute atomic E-state index is 13.1. The molecule has 4 fully saturated rings. The van der Waals surface area contributed by atoms with E-state index in [2.05, 4.69) is 13.5 Å². The molecule has 0 spiro atoms. The third-order valence-corrected chi connectivity index (χ3v) is 7.28. The molecule has 0 amide bonds. The molecule has 0 aromatic rings. The van der Waals surface area contributed by atoms with Crippen molar-refractivity contribution in [3.8, 4) is 0 Å². The number of esters is 3. The first-order valence-corrected chi connectivity index (χ1v) is 10.1. The fourth-order valence-electron chi connectivity index (χ4n) is 5.85. The Kier molecular flexibility index (Phi) is 4.55. The number of carbonyl (C=O) groups is 3. The highest BCUT2D eigenvalue weighted by molar-refractivity contribution is 5.87. The normalized spacial score (nSPS) is 37.9. The van der Waals surface area contributed by atoms with Crippen LogP contribution in [-0.2, 0) is 28.6 Å². The first kappa shape index (κ1) is 18.5. The van der Waals surface area contributed by atoms with E-state index in [1.54, 1.807) is 6.92 Å². The third-order valence-electron chi connectivity index (χ3n) is 7.28. The maximum atomic E-state index is 13.1. The summed E-state index contributed by atoms with van der Waals surface area (Å²) >= 11 is 0. The molecular formula is C21H28O6. The second kappa shape index (κ2) is 6.64. The summed E-state index contributed by atoms with van der Waals surface area (Å²) in [6.07, 6.45) is 5.25. The Morgan fingerprint density at radius 3 is 2.59 bits per heavy atom. The van der Waals surface area contributed by atoms with Gasteiger partial charge in [0.1, 0.15) is 11.7 Å². The quantitative estimate of drug-likeness (QED) is 0.403. The molecule has 2 bridgehead atoms. The van der Waals surface area contributed by atoms with Crippen LogP contribution >= 0.6 is 0 Å². The highest BCUT2D eigenvalue weighted by Gasteiger charge is 2.69. The van der Waals surface area contributed by atoms with Gasteiger partial charge in [-0.2, -0.15) is 0 Å². The van der Waals surface area contributed by atoms with Crippen molar-refractivity contribution in [1.82, 2.24) is 0 Å². The first-order valence-electron chi connectivity index (χ1n) is 10.1. The van der Waals surface area contributed by atoms with Crippen LogP contribution in [0, 0.1) is 29.6 Å². The zero-order chi connectivity index (χ0) is 19.3. The lowest BCUT2D eigenvalue weighted by atomic mass is 9.74. The summed E-state index contributed by atoms with van der Waals surface area (Å²) in [5.41, 5.74) is -0.0375. The van der Waals surface area contributed by atoms with Crippen molar-refractivity contribution in [2.45, 2.75) is 64.1 Å². The fraction of sp³-hybridized carbons (Fsp3) is 0.762. The molecule has 0 aromatic heterocycles. The van der Waals surface area contributed by atoms with E-state index in [0.29, 0.717) is 5.57 Å². The zero-order valence-corrected chi connectivity index (χ0v) is 16.1. The molecule has 3 saturated carbocycles. The van der Waals surface area contributed by atoms with E-state index in [-0.39, 0.29) is 48.0 Å². The van der Waals surface area contributed by atoms with Gasteiger partial charge in [-0.3, -0.25) is 9.59 Å². The van der Waals surface area contributed by atoms with Crippen LogP contribution in [0.2, 0.25) is 0 Å². The molecular weight excluding hydrogens is 348 g/mol. The number of hydrogen-bond donors (Lipinski definition) is 0. The summed E-state index contributed by atoms with van der Waals surface area (Å²) in [6, 6.07) is 0. The van der Waals surface area contributed by atoms with Gasteiger partial charge in [0.2, 0.25) is 0 Å². The fourth-order valence-corrected chi connectivity index (χ4v) is 5.85. The molecule has 1 aliphatic heterocycles. The Labute approximate surface area is 159 Å². The van der Waals surface area contributed by atoms with Crippen LogP contribution < -0.4 is 0 Å². The molecule has 0 N–H and O–H groups in total. The van der Waals surface area contributed by atoms with Crippen LogP contribution in [0.5, 0.6) is 0 Å². The van der Waals surface area contributed by atoms with E-state index in [4.69, 9.17) is 14.2 Å². The number of rotatable bonds is 6. The summed E-state index contributed by atoms with van der Waals surface area (Å²) in [4.78, 5) is 37.3. The third kappa shape index (κ3) is 2.88. The number of fused-ring (bicyclic) bond motifs is 1. The van der Waals surface area contributed by atoms with Crippen LogP contribution in [0.3, 0.4) is 0 Å². The van der Waals surface area contributed by atoms with Gasteiger partial charge >= 0.3 is 17.9 Å². The molecule has 4 rings (SSSR count). The highest BCUT2D eigenvalue weighted by atomic mass is 16.6. The lowest BCUT2D eigenvalue weighted by Crippen LogP contribution is -2.43. The zero-order valence-electron chi connectivity index (χ0n) is 16.1. The molecule has 1 heterocycles. The van der Waals surface area contributed by atoms with Crippen molar-refractivity contribution >= 4 is 17.9 Å². The monoisotopic (exact) mass is 376 g/mol. The van der Waals surface area contributed by atoms with E-state index in [1.807, 2.05) is 0 Å². The van der Waals surface area contributed by atoms with Crippen molar-refractivity contribution in [2.75, 3.05) is 6.61 Å². The van der Waals surface area contributed by atoms with Gasteiger partial charge in [0.25, 0.3) is 0 Å². The largest absolute Gasteiger partial charge is 0.462 e. The highest BCUT2D eigenvalue weighted by Crippen LogP contribution is 2.61. The second-order valence-electron chi connectivity index (χ2n) is 8.72. The topological polar surface area (TPSA) is 78.9 Å². The molecule has 5 unspecified atom stereocenters. The Morgan fingerprint density at radius 2 is 1.96 bits per heavy atom. The Bertz CT molecular complexity index is 676. The van der Waals surface area contributed by atoms with Crippen LogP contribution in [0.15, 0.2) is 12.2 Å². The van der Waals surface area contributed by atoms with E-state index >= 15 is 0 Å². The second-order valence-corrected chi connectivity index (χ2v) is 8.72. The van der Waals surface area contributed by atoms with E-state index in [0.717, 1.165) is 38.5 Å². The van der Waals surface area contributed by atoms with Crippen LogP contribution in [0.25, 0.3) is 0 Å². The number of hydrogen-bond acceptors (Lipinski definition) is 6.